The Morgan fingerprint density at radius 3 is 2.64 bits per heavy atom. The molecule has 2 heteroatoms. The normalized spacial score (nSPS) is 41.0. The van der Waals surface area contributed by atoms with Crippen LogP contribution in [0.25, 0.3) is 0 Å². The highest BCUT2D eigenvalue weighted by atomic mass is 16.5. The molecule has 0 heterocycles. The molecular formula is C9H14O2. The molecule has 0 radical (unpaired) electrons. The molecule has 2 bridgehead atoms. The molecule has 0 aromatic rings. The van der Waals surface area contributed by atoms with Crippen molar-refractivity contribution in [2.75, 3.05) is 0 Å². The highest BCUT2D eigenvalue weighted by Gasteiger charge is 2.41. The van der Waals surface area contributed by atoms with Crippen LogP contribution >= 0.6 is 0 Å². The Labute approximate surface area is 66.9 Å². The van der Waals surface area contributed by atoms with Gasteiger partial charge in [-0.2, -0.15) is 0 Å². The van der Waals surface area contributed by atoms with Gasteiger partial charge in [-0.3, -0.25) is 4.79 Å². The summed E-state index contributed by atoms with van der Waals surface area (Å²) in [6.07, 6.45) is 5.35. The highest BCUT2D eigenvalue weighted by Crippen LogP contribution is 2.45. The summed E-state index contributed by atoms with van der Waals surface area (Å²) in [6.45, 7) is 1.51. The maximum absolute atomic E-state index is 10.7. The van der Waals surface area contributed by atoms with Crippen molar-refractivity contribution in [3.05, 3.63) is 0 Å². The smallest absolute Gasteiger partial charge is 0.302 e. The van der Waals surface area contributed by atoms with Gasteiger partial charge in [0.25, 0.3) is 0 Å². The molecule has 2 aliphatic carbocycles. The van der Waals surface area contributed by atoms with Crippen LogP contribution < -0.4 is 0 Å². The number of esters is 1. The van der Waals surface area contributed by atoms with Gasteiger partial charge in [-0.25, -0.2) is 0 Å². The van der Waals surface area contributed by atoms with Crippen molar-refractivity contribution < 1.29 is 9.53 Å². The van der Waals surface area contributed by atoms with Gasteiger partial charge in [-0.1, -0.05) is 0 Å². The SMILES string of the molecule is CC(=O)O[C@H]1C[C@@H]2CC[C@H]1C2. The Kier molecular flexibility index (Phi) is 1.63. The van der Waals surface area contributed by atoms with Crippen molar-refractivity contribution >= 4 is 5.97 Å². The van der Waals surface area contributed by atoms with Crippen LogP contribution in [0.3, 0.4) is 0 Å². The van der Waals surface area contributed by atoms with Crippen molar-refractivity contribution in [3.8, 4) is 0 Å². The first-order chi connectivity index (χ1) is 5.25. The lowest BCUT2D eigenvalue weighted by atomic mass is 9.98. The molecule has 0 saturated heterocycles. The third kappa shape index (κ3) is 1.26. The van der Waals surface area contributed by atoms with Gasteiger partial charge in [0.1, 0.15) is 6.10 Å². The van der Waals surface area contributed by atoms with Crippen molar-refractivity contribution in [1.82, 2.24) is 0 Å². The van der Waals surface area contributed by atoms with Gasteiger partial charge >= 0.3 is 5.97 Å². The molecule has 2 saturated carbocycles. The topological polar surface area (TPSA) is 26.3 Å². The minimum absolute atomic E-state index is 0.109. The molecule has 2 fully saturated rings. The standard InChI is InChI=1S/C9H14O2/c1-6(10)11-9-5-7-2-3-8(9)4-7/h7-9H,2-5H2,1H3/t7-,8+,9+/m1/s1. The molecule has 0 amide bonds. The van der Waals surface area contributed by atoms with Crippen LogP contribution in [-0.4, -0.2) is 12.1 Å². The van der Waals surface area contributed by atoms with Crippen LogP contribution in [0.5, 0.6) is 0 Å². The van der Waals surface area contributed by atoms with Gasteiger partial charge in [-0.05, 0) is 37.5 Å². The van der Waals surface area contributed by atoms with E-state index in [2.05, 4.69) is 0 Å². The zero-order valence-electron chi connectivity index (χ0n) is 6.88. The van der Waals surface area contributed by atoms with Crippen molar-refractivity contribution in [2.45, 2.75) is 38.7 Å². The van der Waals surface area contributed by atoms with E-state index in [9.17, 15) is 4.79 Å². The number of hydrogen-bond acceptors (Lipinski definition) is 2. The van der Waals surface area contributed by atoms with Crippen LogP contribution in [0.4, 0.5) is 0 Å². The fraction of sp³-hybridized carbons (Fsp3) is 0.889. The first-order valence-corrected chi connectivity index (χ1v) is 4.43. The predicted molar refractivity (Wildman–Crippen MR) is 41.0 cm³/mol. The van der Waals surface area contributed by atoms with E-state index in [-0.39, 0.29) is 12.1 Å². The van der Waals surface area contributed by atoms with Crippen LogP contribution in [-0.2, 0) is 9.53 Å². The zero-order chi connectivity index (χ0) is 7.84. The Morgan fingerprint density at radius 1 is 1.36 bits per heavy atom. The van der Waals surface area contributed by atoms with E-state index >= 15 is 0 Å². The second-order valence-electron chi connectivity index (χ2n) is 3.82. The van der Waals surface area contributed by atoms with E-state index in [0.717, 1.165) is 12.3 Å². The molecule has 0 spiro atoms. The Hall–Kier alpha value is -0.530. The van der Waals surface area contributed by atoms with E-state index in [1.165, 1.54) is 26.2 Å². The second kappa shape index (κ2) is 2.50. The summed E-state index contributed by atoms with van der Waals surface area (Å²) in [5, 5.41) is 0. The number of carbonyl (C=O) groups is 1. The molecule has 62 valence electrons. The fourth-order valence-corrected chi connectivity index (χ4v) is 2.54. The van der Waals surface area contributed by atoms with E-state index in [1.807, 2.05) is 0 Å². The quantitative estimate of drug-likeness (QED) is 0.538. The molecule has 0 aromatic heterocycles. The number of carbonyl (C=O) groups excluding carboxylic acids is 1. The molecule has 0 aromatic carbocycles. The van der Waals surface area contributed by atoms with E-state index in [4.69, 9.17) is 4.74 Å². The molecule has 2 aliphatic rings. The third-order valence-corrected chi connectivity index (χ3v) is 2.99. The third-order valence-electron chi connectivity index (χ3n) is 2.99. The Morgan fingerprint density at radius 2 is 2.18 bits per heavy atom. The Bertz CT molecular complexity index is 176. The molecule has 0 unspecified atom stereocenters. The summed E-state index contributed by atoms with van der Waals surface area (Å²) in [5.74, 6) is 1.45. The first-order valence-electron chi connectivity index (χ1n) is 4.43. The largest absolute Gasteiger partial charge is 0.462 e. The van der Waals surface area contributed by atoms with Gasteiger partial charge in [0, 0.05) is 6.92 Å². The minimum Gasteiger partial charge on any atom is -0.462 e. The zero-order valence-corrected chi connectivity index (χ0v) is 6.88. The van der Waals surface area contributed by atoms with Gasteiger partial charge in [0.2, 0.25) is 0 Å². The maximum atomic E-state index is 10.7. The average Bonchev–Trinajstić information content (AvgIpc) is 2.45. The first kappa shape index (κ1) is 7.14. The van der Waals surface area contributed by atoms with Crippen molar-refractivity contribution in [2.24, 2.45) is 11.8 Å². The molecule has 0 aliphatic heterocycles. The van der Waals surface area contributed by atoms with Crippen LogP contribution in [0.1, 0.15) is 32.6 Å². The summed E-state index contributed by atoms with van der Waals surface area (Å²) in [6, 6.07) is 0. The van der Waals surface area contributed by atoms with Crippen LogP contribution in [0.2, 0.25) is 0 Å². The van der Waals surface area contributed by atoms with E-state index < -0.39 is 0 Å². The lowest BCUT2D eigenvalue weighted by Gasteiger charge is -2.20. The van der Waals surface area contributed by atoms with E-state index in [0.29, 0.717) is 5.92 Å². The molecular weight excluding hydrogens is 140 g/mol. The van der Waals surface area contributed by atoms with Gasteiger partial charge in [-0.15, -0.1) is 0 Å². The predicted octanol–water partition coefficient (Wildman–Crippen LogP) is 1.74. The summed E-state index contributed by atoms with van der Waals surface area (Å²) >= 11 is 0. The fourth-order valence-electron chi connectivity index (χ4n) is 2.54. The number of fused-ring (bicyclic) bond motifs is 2. The van der Waals surface area contributed by atoms with Gasteiger partial charge in [0.15, 0.2) is 0 Å². The summed E-state index contributed by atoms with van der Waals surface area (Å²) in [5.41, 5.74) is 0. The summed E-state index contributed by atoms with van der Waals surface area (Å²) in [4.78, 5) is 10.7. The van der Waals surface area contributed by atoms with Gasteiger partial charge in [0.05, 0.1) is 0 Å². The molecule has 11 heavy (non-hydrogen) atoms. The van der Waals surface area contributed by atoms with Crippen molar-refractivity contribution in [1.29, 1.82) is 0 Å². The lowest BCUT2D eigenvalue weighted by Crippen LogP contribution is -2.22. The monoisotopic (exact) mass is 154 g/mol. The molecule has 3 atom stereocenters. The minimum atomic E-state index is -0.109. The molecule has 2 nitrogen and oxygen atoms in total. The number of ether oxygens (including phenoxy) is 1. The summed E-state index contributed by atoms with van der Waals surface area (Å²) < 4.78 is 5.21. The van der Waals surface area contributed by atoms with Crippen LogP contribution in [0.15, 0.2) is 0 Å². The average molecular weight is 154 g/mol. The Balaban J connectivity index is 1.92. The molecule has 0 N–H and O–H groups in total. The molecule has 2 rings (SSSR count). The van der Waals surface area contributed by atoms with Crippen molar-refractivity contribution in [3.63, 3.8) is 0 Å². The lowest BCUT2D eigenvalue weighted by molar-refractivity contribution is -0.148. The van der Waals surface area contributed by atoms with E-state index in [1.54, 1.807) is 0 Å². The number of hydrogen-bond donors (Lipinski definition) is 0. The number of rotatable bonds is 1. The summed E-state index contributed by atoms with van der Waals surface area (Å²) in [7, 11) is 0. The van der Waals surface area contributed by atoms with Gasteiger partial charge < -0.3 is 4.74 Å². The highest BCUT2D eigenvalue weighted by molar-refractivity contribution is 5.66. The second-order valence-corrected chi connectivity index (χ2v) is 3.82. The van der Waals surface area contributed by atoms with Crippen LogP contribution in [0, 0.1) is 11.8 Å². The maximum Gasteiger partial charge on any atom is 0.302 e.